The summed E-state index contributed by atoms with van der Waals surface area (Å²) in [7, 11) is 0. The number of hydrogen-bond acceptors (Lipinski definition) is 3. The molecule has 2 amide bonds. The van der Waals surface area contributed by atoms with E-state index in [1.807, 2.05) is 0 Å². The van der Waals surface area contributed by atoms with E-state index in [9.17, 15) is 14.4 Å². The van der Waals surface area contributed by atoms with Gasteiger partial charge in [0, 0.05) is 13.0 Å². The van der Waals surface area contributed by atoms with Gasteiger partial charge >= 0.3 is 5.97 Å². The van der Waals surface area contributed by atoms with Crippen LogP contribution in [-0.4, -0.2) is 40.4 Å². The Morgan fingerprint density at radius 3 is 2.53 bits per heavy atom. The van der Waals surface area contributed by atoms with E-state index >= 15 is 0 Å². The van der Waals surface area contributed by atoms with Crippen molar-refractivity contribution in [2.75, 3.05) is 6.54 Å². The van der Waals surface area contributed by atoms with Crippen LogP contribution < -0.4 is 5.73 Å². The number of carbonyl (C=O) groups excluding carboxylic acids is 2. The molecule has 0 bridgehead atoms. The highest BCUT2D eigenvalue weighted by Gasteiger charge is 2.41. The van der Waals surface area contributed by atoms with Crippen molar-refractivity contribution in [1.82, 2.24) is 4.90 Å². The third kappa shape index (κ3) is 2.57. The molecule has 0 spiro atoms. The zero-order valence-electron chi connectivity index (χ0n) is 9.46. The largest absolute Gasteiger partial charge is 0.480 e. The molecule has 0 aromatic heterocycles. The minimum absolute atomic E-state index is 0.0454. The fourth-order valence-electron chi connectivity index (χ4n) is 2.25. The van der Waals surface area contributed by atoms with Gasteiger partial charge in [0.15, 0.2) is 0 Å². The summed E-state index contributed by atoms with van der Waals surface area (Å²) in [5, 5.41) is 9.14. The lowest BCUT2D eigenvalue weighted by Crippen LogP contribution is -2.43. The summed E-state index contributed by atoms with van der Waals surface area (Å²) in [6.45, 7) is 0.151. The van der Waals surface area contributed by atoms with Crippen molar-refractivity contribution < 1.29 is 19.5 Å². The summed E-state index contributed by atoms with van der Waals surface area (Å²) in [6.07, 6.45) is 2.60. The second kappa shape index (κ2) is 4.35. The lowest BCUT2D eigenvalue weighted by atomic mass is 10.1. The highest BCUT2D eigenvalue weighted by molar-refractivity contribution is 5.91. The number of carboxylic acid groups (broad SMARTS) is 1. The number of likely N-dealkylation sites (tertiary alicyclic amines) is 1. The van der Waals surface area contributed by atoms with E-state index in [1.165, 1.54) is 4.90 Å². The van der Waals surface area contributed by atoms with Crippen LogP contribution in [0.3, 0.4) is 0 Å². The van der Waals surface area contributed by atoms with Crippen molar-refractivity contribution in [3.8, 4) is 0 Å². The lowest BCUT2D eigenvalue weighted by molar-refractivity contribution is -0.148. The normalized spacial score (nSPS) is 26.0. The van der Waals surface area contributed by atoms with Gasteiger partial charge in [-0.2, -0.15) is 0 Å². The highest BCUT2D eigenvalue weighted by Crippen LogP contribution is 2.36. The monoisotopic (exact) mass is 240 g/mol. The molecule has 1 saturated heterocycles. The van der Waals surface area contributed by atoms with Crippen LogP contribution >= 0.6 is 0 Å². The molecule has 1 unspecified atom stereocenters. The molecule has 1 aliphatic heterocycles. The molecule has 1 aliphatic carbocycles. The topological polar surface area (TPSA) is 101 Å². The minimum Gasteiger partial charge on any atom is -0.480 e. The Labute approximate surface area is 98.8 Å². The first-order valence-electron chi connectivity index (χ1n) is 5.80. The minimum atomic E-state index is -0.990. The average molecular weight is 240 g/mol. The molecule has 1 saturated carbocycles. The summed E-state index contributed by atoms with van der Waals surface area (Å²) in [5.74, 6) is -1.92. The second-order valence-corrected chi connectivity index (χ2v) is 4.88. The van der Waals surface area contributed by atoms with E-state index < -0.39 is 23.8 Å². The molecule has 94 valence electrons. The van der Waals surface area contributed by atoms with Crippen molar-refractivity contribution in [2.45, 2.75) is 31.7 Å². The van der Waals surface area contributed by atoms with E-state index in [0.29, 0.717) is 12.3 Å². The van der Waals surface area contributed by atoms with Crippen molar-refractivity contribution >= 4 is 17.8 Å². The molecular formula is C11H16N2O4. The Kier molecular flexibility index (Phi) is 3.04. The van der Waals surface area contributed by atoms with Gasteiger partial charge in [0.2, 0.25) is 11.8 Å². The molecule has 6 heteroatoms. The fraction of sp³-hybridized carbons (Fsp3) is 0.727. The Morgan fingerprint density at radius 2 is 2.12 bits per heavy atom. The van der Waals surface area contributed by atoms with Crippen LogP contribution in [0.15, 0.2) is 0 Å². The summed E-state index contributed by atoms with van der Waals surface area (Å²) in [4.78, 5) is 35.2. The maximum absolute atomic E-state index is 11.7. The maximum atomic E-state index is 11.7. The highest BCUT2D eigenvalue weighted by atomic mass is 16.4. The van der Waals surface area contributed by atoms with Gasteiger partial charge in [-0.05, 0) is 12.3 Å². The van der Waals surface area contributed by atoms with Crippen LogP contribution in [0.25, 0.3) is 0 Å². The van der Waals surface area contributed by atoms with E-state index in [2.05, 4.69) is 0 Å². The third-order valence-corrected chi connectivity index (χ3v) is 3.48. The quantitative estimate of drug-likeness (QED) is 0.681. The van der Waals surface area contributed by atoms with Gasteiger partial charge in [-0.15, -0.1) is 0 Å². The van der Waals surface area contributed by atoms with Gasteiger partial charge in [0.05, 0.1) is 5.92 Å². The first-order valence-corrected chi connectivity index (χ1v) is 5.80. The Hall–Kier alpha value is -1.59. The van der Waals surface area contributed by atoms with E-state index in [-0.39, 0.29) is 18.9 Å². The standard InChI is InChI=1S/C11H16N2O4/c12-10(15)7-4-9(14)13(5-7)8(11(16)17)3-6-1-2-6/h6-8H,1-5H2,(H2,12,15)(H,16,17)/t7?,8-/m0/s1. The molecule has 1 heterocycles. The maximum Gasteiger partial charge on any atom is 0.326 e. The molecule has 2 rings (SSSR count). The van der Waals surface area contributed by atoms with E-state index in [1.54, 1.807) is 0 Å². The van der Waals surface area contributed by atoms with Crippen molar-refractivity contribution in [2.24, 2.45) is 17.6 Å². The molecule has 6 nitrogen and oxygen atoms in total. The SMILES string of the molecule is NC(=O)C1CC(=O)N([C@@H](CC2CC2)C(=O)O)C1. The van der Waals surface area contributed by atoms with Gasteiger partial charge in [-0.3, -0.25) is 9.59 Å². The molecule has 2 aliphatic rings. The Balaban J connectivity index is 2.05. The van der Waals surface area contributed by atoms with Gasteiger partial charge in [-0.25, -0.2) is 4.79 Å². The van der Waals surface area contributed by atoms with Gasteiger partial charge in [0.25, 0.3) is 0 Å². The Morgan fingerprint density at radius 1 is 1.47 bits per heavy atom. The average Bonchev–Trinajstić information content (AvgIpc) is 2.97. The number of carbonyl (C=O) groups is 3. The van der Waals surface area contributed by atoms with Crippen LogP contribution in [0.1, 0.15) is 25.7 Å². The predicted molar refractivity (Wildman–Crippen MR) is 57.8 cm³/mol. The number of carboxylic acids is 1. The molecule has 0 radical (unpaired) electrons. The van der Waals surface area contributed by atoms with Crippen LogP contribution in [0, 0.1) is 11.8 Å². The zero-order valence-corrected chi connectivity index (χ0v) is 9.46. The summed E-state index contributed by atoms with van der Waals surface area (Å²) in [6, 6.07) is -0.792. The number of hydrogen-bond donors (Lipinski definition) is 2. The number of amides is 2. The third-order valence-electron chi connectivity index (χ3n) is 3.48. The van der Waals surface area contributed by atoms with Crippen LogP contribution in [0.2, 0.25) is 0 Å². The smallest absolute Gasteiger partial charge is 0.326 e. The summed E-state index contributed by atoms with van der Waals surface area (Å²) < 4.78 is 0. The lowest BCUT2D eigenvalue weighted by Gasteiger charge is -2.24. The van der Waals surface area contributed by atoms with E-state index in [4.69, 9.17) is 10.8 Å². The first-order chi connectivity index (χ1) is 7.99. The molecule has 0 aromatic carbocycles. The first kappa shape index (κ1) is 11.9. The van der Waals surface area contributed by atoms with Crippen LogP contribution in [0.4, 0.5) is 0 Å². The van der Waals surface area contributed by atoms with E-state index in [0.717, 1.165) is 12.8 Å². The van der Waals surface area contributed by atoms with Gasteiger partial charge < -0.3 is 15.7 Å². The number of rotatable bonds is 5. The second-order valence-electron chi connectivity index (χ2n) is 4.88. The summed E-state index contributed by atoms with van der Waals surface area (Å²) in [5.41, 5.74) is 5.15. The molecular weight excluding hydrogens is 224 g/mol. The number of nitrogens with two attached hydrogens (primary N) is 1. The van der Waals surface area contributed by atoms with Gasteiger partial charge in [0.1, 0.15) is 6.04 Å². The molecule has 2 atom stereocenters. The number of aliphatic carboxylic acids is 1. The zero-order chi connectivity index (χ0) is 12.6. The van der Waals surface area contributed by atoms with Crippen LogP contribution in [-0.2, 0) is 14.4 Å². The van der Waals surface area contributed by atoms with Crippen molar-refractivity contribution in [1.29, 1.82) is 0 Å². The van der Waals surface area contributed by atoms with Crippen LogP contribution in [0.5, 0.6) is 0 Å². The molecule has 3 N–H and O–H groups in total. The Bertz CT molecular complexity index is 364. The predicted octanol–water partition coefficient (Wildman–Crippen LogP) is -0.427. The number of primary amides is 1. The fourth-order valence-corrected chi connectivity index (χ4v) is 2.25. The van der Waals surface area contributed by atoms with Gasteiger partial charge in [-0.1, -0.05) is 12.8 Å². The molecule has 2 fully saturated rings. The van der Waals surface area contributed by atoms with Crippen molar-refractivity contribution in [3.63, 3.8) is 0 Å². The number of nitrogens with zero attached hydrogens (tertiary/aromatic N) is 1. The molecule has 17 heavy (non-hydrogen) atoms. The summed E-state index contributed by atoms with van der Waals surface area (Å²) >= 11 is 0. The van der Waals surface area contributed by atoms with Crippen molar-refractivity contribution in [3.05, 3.63) is 0 Å². The molecule has 0 aromatic rings.